The van der Waals surface area contributed by atoms with Gasteiger partial charge in [-0.05, 0) is 25.5 Å². The van der Waals surface area contributed by atoms with Crippen molar-refractivity contribution in [3.05, 3.63) is 35.3 Å². The normalized spacial score (nSPS) is 10.8. The molecule has 3 heteroatoms. The Hall–Kier alpha value is -1.48. The number of aryl methyl sites for hydroxylation is 2. The van der Waals surface area contributed by atoms with Gasteiger partial charge in [0.25, 0.3) is 0 Å². The van der Waals surface area contributed by atoms with E-state index in [0.29, 0.717) is 6.54 Å². The van der Waals surface area contributed by atoms with Crippen LogP contribution in [0.15, 0.2) is 18.2 Å². The molecular formula is C11H13N3. The summed E-state index contributed by atoms with van der Waals surface area (Å²) in [5.41, 5.74) is 8.75. The molecule has 2 rings (SSSR count). The number of fused-ring (bicyclic) bond motifs is 1. The lowest BCUT2D eigenvalue weighted by Crippen LogP contribution is -2.03. The van der Waals surface area contributed by atoms with E-state index in [9.17, 15) is 0 Å². The van der Waals surface area contributed by atoms with Gasteiger partial charge in [-0.3, -0.25) is 0 Å². The van der Waals surface area contributed by atoms with E-state index in [4.69, 9.17) is 5.73 Å². The Labute approximate surface area is 83.0 Å². The van der Waals surface area contributed by atoms with E-state index in [-0.39, 0.29) is 0 Å². The van der Waals surface area contributed by atoms with Crippen LogP contribution in [0.3, 0.4) is 0 Å². The summed E-state index contributed by atoms with van der Waals surface area (Å²) in [5.74, 6) is 0.781. The monoisotopic (exact) mass is 187 g/mol. The van der Waals surface area contributed by atoms with Crippen LogP contribution in [0.1, 0.15) is 17.1 Å². The first-order chi connectivity index (χ1) is 6.70. The fourth-order valence-electron chi connectivity index (χ4n) is 1.59. The third kappa shape index (κ3) is 1.46. The number of hydrogen-bond donors (Lipinski definition) is 1. The zero-order chi connectivity index (χ0) is 10.1. The zero-order valence-electron chi connectivity index (χ0n) is 8.41. The highest BCUT2D eigenvalue weighted by Gasteiger charge is 2.03. The van der Waals surface area contributed by atoms with Crippen LogP contribution in [0.4, 0.5) is 0 Å². The molecule has 0 spiro atoms. The molecule has 72 valence electrons. The molecule has 3 nitrogen and oxygen atoms in total. The molecule has 0 bridgehead atoms. The van der Waals surface area contributed by atoms with E-state index in [0.717, 1.165) is 22.4 Å². The van der Waals surface area contributed by atoms with Crippen LogP contribution < -0.4 is 5.73 Å². The lowest BCUT2D eigenvalue weighted by Gasteiger charge is -2.05. The van der Waals surface area contributed by atoms with Crippen molar-refractivity contribution in [3.8, 4) is 0 Å². The predicted molar refractivity (Wildman–Crippen MR) is 56.9 cm³/mol. The van der Waals surface area contributed by atoms with Crippen molar-refractivity contribution in [3.63, 3.8) is 0 Å². The summed E-state index contributed by atoms with van der Waals surface area (Å²) in [6.45, 7) is 4.41. The summed E-state index contributed by atoms with van der Waals surface area (Å²) in [4.78, 5) is 8.69. The number of nitrogens with zero attached hydrogens (tertiary/aromatic N) is 2. The largest absolute Gasteiger partial charge is 0.325 e. The van der Waals surface area contributed by atoms with Gasteiger partial charge in [0, 0.05) is 11.9 Å². The van der Waals surface area contributed by atoms with E-state index in [1.165, 1.54) is 5.56 Å². The number of hydrogen-bond acceptors (Lipinski definition) is 3. The molecule has 0 aliphatic heterocycles. The van der Waals surface area contributed by atoms with Gasteiger partial charge < -0.3 is 5.73 Å². The molecule has 2 aromatic rings. The zero-order valence-corrected chi connectivity index (χ0v) is 8.41. The van der Waals surface area contributed by atoms with Crippen molar-refractivity contribution in [2.24, 2.45) is 5.73 Å². The SMILES string of the molecule is Cc1ccc2c(CN)nc(C)nc2c1. The molecule has 0 saturated carbocycles. The summed E-state index contributed by atoms with van der Waals surface area (Å²) in [5, 5.41) is 1.06. The van der Waals surface area contributed by atoms with Crippen molar-refractivity contribution in [1.29, 1.82) is 0 Å². The third-order valence-electron chi connectivity index (χ3n) is 2.24. The topological polar surface area (TPSA) is 51.8 Å². The van der Waals surface area contributed by atoms with Crippen molar-refractivity contribution in [1.82, 2.24) is 9.97 Å². The van der Waals surface area contributed by atoms with E-state index in [1.54, 1.807) is 0 Å². The molecule has 0 saturated heterocycles. The van der Waals surface area contributed by atoms with Crippen LogP contribution in [-0.4, -0.2) is 9.97 Å². The minimum absolute atomic E-state index is 0.461. The number of aromatic nitrogens is 2. The molecule has 1 aromatic carbocycles. The van der Waals surface area contributed by atoms with Gasteiger partial charge in [-0.25, -0.2) is 9.97 Å². The molecule has 1 heterocycles. The lowest BCUT2D eigenvalue weighted by molar-refractivity contribution is 0.954. The second-order valence-corrected chi connectivity index (χ2v) is 3.44. The van der Waals surface area contributed by atoms with Crippen LogP contribution >= 0.6 is 0 Å². The fraction of sp³-hybridized carbons (Fsp3) is 0.273. The predicted octanol–water partition coefficient (Wildman–Crippen LogP) is 1.71. The fourth-order valence-corrected chi connectivity index (χ4v) is 1.59. The standard InChI is InChI=1S/C11H13N3/c1-7-3-4-9-10(5-7)13-8(2)14-11(9)6-12/h3-5H,6,12H2,1-2H3. The van der Waals surface area contributed by atoms with Crippen molar-refractivity contribution in [2.75, 3.05) is 0 Å². The van der Waals surface area contributed by atoms with Crippen LogP contribution in [-0.2, 0) is 6.54 Å². The lowest BCUT2D eigenvalue weighted by atomic mass is 10.1. The first kappa shape index (κ1) is 9.09. The Kier molecular flexibility index (Phi) is 2.17. The molecular weight excluding hydrogens is 174 g/mol. The van der Waals surface area contributed by atoms with Gasteiger partial charge >= 0.3 is 0 Å². The van der Waals surface area contributed by atoms with Crippen molar-refractivity contribution < 1.29 is 0 Å². The minimum atomic E-state index is 0.461. The maximum Gasteiger partial charge on any atom is 0.126 e. The summed E-state index contributed by atoms with van der Waals surface area (Å²) in [7, 11) is 0. The highest BCUT2D eigenvalue weighted by molar-refractivity contribution is 5.81. The summed E-state index contributed by atoms with van der Waals surface area (Å²) < 4.78 is 0. The average Bonchev–Trinajstić information content (AvgIpc) is 2.15. The van der Waals surface area contributed by atoms with Gasteiger partial charge in [-0.15, -0.1) is 0 Å². The Bertz CT molecular complexity index is 472. The Balaban J connectivity index is 2.81. The molecule has 0 amide bonds. The van der Waals surface area contributed by atoms with Crippen LogP contribution in [0.2, 0.25) is 0 Å². The molecule has 1 aromatic heterocycles. The van der Waals surface area contributed by atoms with Gasteiger partial charge in [0.15, 0.2) is 0 Å². The smallest absolute Gasteiger partial charge is 0.126 e. The quantitative estimate of drug-likeness (QED) is 0.739. The number of nitrogens with two attached hydrogens (primary N) is 1. The highest BCUT2D eigenvalue weighted by atomic mass is 14.9. The molecule has 0 atom stereocenters. The molecule has 0 radical (unpaired) electrons. The Morgan fingerprint density at radius 2 is 2.00 bits per heavy atom. The second kappa shape index (κ2) is 3.35. The minimum Gasteiger partial charge on any atom is -0.325 e. The molecule has 0 aliphatic rings. The van der Waals surface area contributed by atoms with Crippen LogP contribution in [0.25, 0.3) is 10.9 Å². The summed E-state index contributed by atoms with van der Waals surface area (Å²) >= 11 is 0. The first-order valence-corrected chi connectivity index (χ1v) is 4.64. The maximum absolute atomic E-state index is 5.63. The molecule has 0 unspecified atom stereocenters. The molecule has 0 aliphatic carbocycles. The molecule has 2 N–H and O–H groups in total. The maximum atomic E-state index is 5.63. The number of rotatable bonds is 1. The van der Waals surface area contributed by atoms with Crippen molar-refractivity contribution >= 4 is 10.9 Å². The van der Waals surface area contributed by atoms with Crippen LogP contribution in [0, 0.1) is 13.8 Å². The van der Waals surface area contributed by atoms with Gasteiger partial charge in [0.05, 0.1) is 11.2 Å². The van der Waals surface area contributed by atoms with Gasteiger partial charge in [-0.2, -0.15) is 0 Å². The van der Waals surface area contributed by atoms with Crippen molar-refractivity contribution in [2.45, 2.75) is 20.4 Å². The van der Waals surface area contributed by atoms with Gasteiger partial charge in [-0.1, -0.05) is 12.1 Å². The first-order valence-electron chi connectivity index (χ1n) is 4.64. The summed E-state index contributed by atoms with van der Waals surface area (Å²) in [6, 6.07) is 6.15. The van der Waals surface area contributed by atoms with E-state index in [1.807, 2.05) is 13.0 Å². The second-order valence-electron chi connectivity index (χ2n) is 3.44. The molecule has 0 fully saturated rings. The van der Waals surface area contributed by atoms with Gasteiger partial charge in [0.2, 0.25) is 0 Å². The number of benzene rings is 1. The Morgan fingerprint density at radius 3 is 2.71 bits per heavy atom. The Morgan fingerprint density at radius 1 is 1.21 bits per heavy atom. The van der Waals surface area contributed by atoms with E-state index in [2.05, 4.69) is 29.0 Å². The van der Waals surface area contributed by atoms with E-state index >= 15 is 0 Å². The van der Waals surface area contributed by atoms with Crippen LogP contribution in [0.5, 0.6) is 0 Å². The summed E-state index contributed by atoms with van der Waals surface area (Å²) in [6.07, 6.45) is 0. The average molecular weight is 187 g/mol. The van der Waals surface area contributed by atoms with E-state index < -0.39 is 0 Å². The van der Waals surface area contributed by atoms with Gasteiger partial charge in [0.1, 0.15) is 5.82 Å². The highest BCUT2D eigenvalue weighted by Crippen LogP contribution is 2.16. The third-order valence-corrected chi connectivity index (χ3v) is 2.24. The molecule has 14 heavy (non-hydrogen) atoms.